The van der Waals surface area contributed by atoms with Gasteiger partial charge in [-0.1, -0.05) is 12.1 Å². The molecule has 1 atom stereocenters. The van der Waals surface area contributed by atoms with E-state index in [0.717, 1.165) is 5.56 Å². The fourth-order valence-electron chi connectivity index (χ4n) is 2.26. The molecular weight excluding hydrogens is 271 g/mol. The molecule has 5 heteroatoms. The fraction of sp³-hybridized carbons (Fsp3) is 0.562. The number of ether oxygens (including phenoxy) is 1. The zero-order valence-corrected chi connectivity index (χ0v) is 13.0. The number of carbonyl (C=O) groups excluding carboxylic acids is 1. The number of hydrogen-bond acceptors (Lipinski definition) is 3. The van der Waals surface area contributed by atoms with Crippen LogP contribution in [0.2, 0.25) is 0 Å². The number of nitrogens with one attached hydrogen (secondary N) is 1. The van der Waals surface area contributed by atoms with Crippen molar-refractivity contribution in [2.75, 3.05) is 13.1 Å². The maximum absolute atomic E-state index is 12.9. The molecule has 1 saturated heterocycles. The van der Waals surface area contributed by atoms with Gasteiger partial charge in [0.25, 0.3) is 0 Å². The van der Waals surface area contributed by atoms with Gasteiger partial charge in [-0.25, -0.2) is 9.18 Å². The van der Waals surface area contributed by atoms with Gasteiger partial charge in [0.15, 0.2) is 0 Å². The van der Waals surface area contributed by atoms with Crippen LogP contribution in [0.4, 0.5) is 9.18 Å². The molecule has 0 saturated carbocycles. The highest BCUT2D eigenvalue weighted by Crippen LogP contribution is 2.19. The van der Waals surface area contributed by atoms with Crippen LogP contribution in [0.15, 0.2) is 24.3 Å². The number of hydrogen-bond donors (Lipinski definition) is 1. The van der Waals surface area contributed by atoms with Crippen LogP contribution in [-0.2, 0) is 4.74 Å². The largest absolute Gasteiger partial charge is 0.444 e. The Morgan fingerprint density at radius 1 is 1.33 bits per heavy atom. The molecule has 1 heterocycles. The van der Waals surface area contributed by atoms with Crippen LogP contribution >= 0.6 is 0 Å². The summed E-state index contributed by atoms with van der Waals surface area (Å²) in [5, 5.41) is 3.43. The molecule has 1 aromatic carbocycles. The lowest BCUT2D eigenvalue weighted by atomic mass is 10.0. The first-order valence-corrected chi connectivity index (χ1v) is 7.24. The highest BCUT2D eigenvalue weighted by Gasteiger charge is 2.34. The number of amides is 1. The monoisotopic (exact) mass is 294 g/mol. The van der Waals surface area contributed by atoms with Gasteiger partial charge in [-0.05, 0) is 45.4 Å². The first-order chi connectivity index (χ1) is 9.74. The summed E-state index contributed by atoms with van der Waals surface area (Å²) in [6.45, 7) is 8.88. The van der Waals surface area contributed by atoms with Crippen molar-refractivity contribution in [2.45, 2.75) is 45.4 Å². The maximum Gasteiger partial charge on any atom is 0.410 e. The quantitative estimate of drug-likeness (QED) is 0.931. The Labute approximate surface area is 125 Å². The van der Waals surface area contributed by atoms with Gasteiger partial charge >= 0.3 is 6.09 Å². The van der Waals surface area contributed by atoms with Gasteiger partial charge in [0.1, 0.15) is 11.4 Å². The molecule has 1 aromatic rings. The lowest BCUT2D eigenvalue weighted by Gasteiger charge is -2.41. The van der Waals surface area contributed by atoms with E-state index in [1.54, 1.807) is 17.0 Å². The van der Waals surface area contributed by atoms with Gasteiger partial charge in [-0.2, -0.15) is 0 Å². The summed E-state index contributed by atoms with van der Waals surface area (Å²) in [5.41, 5.74) is 0.573. The first kappa shape index (κ1) is 15.8. The minimum Gasteiger partial charge on any atom is -0.444 e. The third kappa shape index (κ3) is 4.43. The van der Waals surface area contributed by atoms with Crippen LogP contribution in [0.5, 0.6) is 0 Å². The van der Waals surface area contributed by atoms with Crippen LogP contribution in [0.25, 0.3) is 0 Å². The second-order valence-electron chi connectivity index (χ2n) is 6.52. The van der Waals surface area contributed by atoms with E-state index in [1.807, 2.05) is 27.7 Å². The van der Waals surface area contributed by atoms with E-state index in [4.69, 9.17) is 4.74 Å². The summed E-state index contributed by atoms with van der Waals surface area (Å²) < 4.78 is 18.2. The average molecular weight is 294 g/mol. The summed E-state index contributed by atoms with van der Waals surface area (Å²) in [6.07, 6.45) is -0.269. The molecule has 1 fully saturated rings. The van der Waals surface area contributed by atoms with E-state index in [1.165, 1.54) is 12.1 Å². The van der Waals surface area contributed by atoms with Crippen molar-refractivity contribution in [3.63, 3.8) is 0 Å². The van der Waals surface area contributed by atoms with E-state index in [0.29, 0.717) is 13.1 Å². The third-order valence-corrected chi connectivity index (χ3v) is 3.39. The maximum atomic E-state index is 12.9. The molecule has 1 amide bonds. The van der Waals surface area contributed by atoms with Gasteiger partial charge < -0.3 is 15.0 Å². The summed E-state index contributed by atoms with van der Waals surface area (Å²) in [6, 6.07) is 6.84. The molecule has 2 rings (SSSR count). The predicted octanol–water partition coefficient (Wildman–Crippen LogP) is 3.10. The topological polar surface area (TPSA) is 41.6 Å². The smallest absolute Gasteiger partial charge is 0.410 e. The zero-order chi connectivity index (χ0) is 15.6. The van der Waals surface area contributed by atoms with E-state index >= 15 is 0 Å². The van der Waals surface area contributed by atoms with E-state index < -0.39 is 5.60 Å². The molecule has 116 valence electrons. The van der Waals surface area contributed by atoms with Gasteiger partial charge in [0.05, 0.1) is 0 Å². The number of carbonyl (C=O) groups is 1. The summed E-state index contributed by atoms with van der Waals surface area (Å²) >= 11 is 0. The van der Waals surface area contributed by atoms with Crippen molar-refractivity contribution in [3.8, 4) is 0 Å². The van der Waals surface area contributed by atoms with Crippen molar-refractivity contribution >= 4 is 6.09 Å². The molecule has 0 aliphatic carbocycles. The van der Waals surface area contributed by atoms with E-state index in [2.05, 4.69) is 5.32 Å². The highest BCUT2D eigenvalue weighted by molar-refractivity contribution is 5.69. The Balaban J connectivity index is 1.77. The number of nitrogens with zero attached hydrogens (tertiary/aromatic N) is 1. The van der Waals surface area contributed by atoms with Crippen LogP contribution in [0.1, 0.15) is 39.3 Å². The van der Waals surface area contributed by atoms with Crippen molar-refractivity contribution in [3.05, 3.63) is 35.6 Å². The Morgan fingerprint density at radius 2 is 1.90 bits per heavy atom. The summed E-state index contributed by atoms with van der Waals surface area (Å²) in [7, 11) is 0. The van der Waals surface area contributed by atoms with Crippen LogP contribution < -0.4 is 5.32 Å². The number of rotatable bonds is 3. The number of halogens is 1. The van der Waals surface area contributed by atoms with Gasteiger partial charge in [-0.15, -0.1) is 0 Å². The Hall–Kier alpha value is -1.62. The molecule has 1 aliphatic rings. The normalized spacial score (nSPS) is 17.3. The molecule has 21 heavy (non-hydrogen) atoms. The lowest BCUT2D eigenvalue weighted by Crippen LogP contribution is -2.60. The lowest BCUT2D eigenvalue weighted by molar-refractivity contribution is 0.00434. The zero-order valence-electron chi connectivity index (χ0n) is 13.0. The molecular formula is C16H23FN2O2. The van der Waals surface area contributed by atoms with Gasteiger partial charge in [0, 0.05) is 25.2 Å². The van der Waals surface area contributed by atoms with E-state index in [-0.39, 0.29) is 24.0 Å². The SMILES string of the molecule is C[C@H](NC1CN(C(=O)OC(C)(C)C)C1)c1ccc(F)cc1. The number of likely N-dealkylation sites (tertiary alicyclic amines) is 1. The molecule has 0 spiro atoms. The minimum absolute atomic E-state index is 0.122. The van der Waals surface area contributed by atoms with Crippen molar-refractivity contribution in [1.82, 2.24) is 10.2 Å². The highest BCUT2D eigenvalue weighted by atomic mass is 19.1. The summed E-state index contributed by atoms with van der Waals surface area (Å²) in [5.74, 6) is -0.231. The minimum atomic E-state index is -0.461. The Kier molecular flexibility index (Phi) is 4.52. The number of benzene rings is 1. The molecule has 0 unspecified atom stereocenters. The molecule has 0 bridgehead atoms. The molecule has 0 aromatic heterocycles. The van der Waals surface area contributed by atoms with Crippen LogP contribution in [0.3, 0.4) is 0 Å². The average Bonchev–Trinajstić information content (AvgIpc) is 2.31. The Bertz CT molecular complexity index is 490. The molecule has 4 nitrogen and oxygen atoms in total. The van der Waals surface area contributed by atoms with Crippen molar-refractivity contribution < 1.29 is 13.9 Å². The fourth-order valence-corrected chi connectivity index (χ4v) is 2.26. The first-order valence-electron chi connectivity index (χ1n) is 7.24. The van der Waals surface area contributed by atoms with Crippen molar-refractivity contribution in [2.24, 2.45) is 0 Å². The summed E-state index contributed by atoms with van der Waals surface area (Å²) in [4.78, 5) is 13.5. The second kappa shape index (κ2) is 6.02. The molecule has 1 aliphatic heterocycles. The van der Waals surface area contributed by atoms with Crippen molar-refractivity contribution in [1.29, 1.82) is 0 Å². The van der Waals surface area contributed by atoms with Gasteiger partial charge in [0.2, 0.25) is 0 Å². The second-order valence-corrected chi connectivity index (χ2v) is 6.52. The third-order valence-electron chi connectivity index (χ3n) is 3.39. The predicted molar refractivity (Wildman–Crippen MR) is 79.5 cm³/mol. The molecule has 1 N–H and O–H groups in total. The van der Waals surface area contributed by atoms with Gasteiger partial charge in [-0.3, -0.25) is 0 Å². The van der Waals surface area contributed by atoms with Crippen LogP contribution in [-0.4, -0.2) is 35.7 Å². The standard InChI is InChI=1S/C16H23FN2O2/c1-11(12-5-7-13(17)8-6-12)18-14-9-19(10-14)15(20)21-16(2,3)4/h5-8,11,14,18H,9-10H2,1-4H3/t11-/m0/s1. The Morgan fingerprint density at radius 3 is 2.43 bits per heavy atom. The van der Waals surface area contributed by atoms with Crippen LogP contribution in [0, 0.1) is 5.82 Å². The molecule has 0 radical (unpaired) electrons. The van der Waals surface area contributed by atoms with E-state index in [9.17, 15) is 9.18 Å².